The Kier molecular flexibility index (Phi) is 3.81. The zero-order valence-electron chi connectivity index (χ0n) is 10.1. The standard InChI is InChI=1S/C11H12N4O3S/c1-18-10-2-4-11(5-3-10)19(16,17)15-14-7-9-6-12-8-13-9/h2-8,15H,1H3,(H,12,13)/b14-7+. The van der Waals surface area contributed by atoms with Crippen LogP contribution in [-0.2, 0) is 10.0 Å². The lowest BCUT2D eigenvalue weighted by molar-refractivity contribution is 0.414. The van der Waals surface area contributed by atoms with Gasteiger partial charge < -0.3 is 9.72 Å². The Balaban J connectivity index is 2.09. The molecule has 1 heterocycles. The van der Waals surface area contributed by atoms with Crippen LogP contribution >= 0.6 is 0 Å². The zero-order chi connectivity index (χ0) is 13.7. The number of ether oxygens (including phenoxy) is 1. The van der Waals surface area contributed by atoms with Gasteiger partial charge in [0, 0.05) is 0 Å². The van der Waals surface area contributed by atoms with Crippen LogP contribution in [0.4, 0.5) is 0 Å². The number of rotatable bonds is 5. The number of hydrogen-bond donors (Lipinski definition) is 2. The summed E-state index contributed by atoms with van der Waals surface area (Å²) in [6, 6.07) is 6.00. The van der Waals surface area contributed by atoms with Crippen molar-refractivity contribution in [2.24, 2.45) is 5.10 Å². The van der Waals surface area contributed by atoms with Crippen molar-refractivity contribution in [2.45, 2.75) is 4.90 Å². The largest absolute Gasteiger partial charge is 0.497 e. The van der Waals surface area contributed by atoms with Gasteiger partial charge in [-0.15, -0.1) is 0 Å². The molecule has 2 aromatic rings. The third-order valence-electron chi connectivity index (χ3n) is 2.27. The molecule has 0 aliphatic heterocycles. The van der Waals surface area contributed by atoms with E-state index in [2.05, 4.69) is 19.9 Å². The van der Waals surface area contributed by atoms with Crippen molar-refractivity contribution >= 4 is 16.2 Å². The van der Waals surface area contributed by atoms with Crippen molar-refractivity contribution < 1.29 is 13.2 Å². The molecule has 2 N–H and O–H groups in total. The number of aromatic nitrogens is 2. The van der Waals surface area contributed by atoms with Crippen molar-refractivity contribution in [1.82, 2.24) is 14.8 Å². The molecule has 7 nitrogen and oxygen atoms in total. The third-order valence-corrected chi connectivity index (χ3v) is 3.50. The van der Waals surface area contributed by atoms with E-state index in [9.17, 15) is 8.42 Å². The molecule has 19 heavy (non-hydrogen) atoms. The normalized spacial score (nSPS) is 11.6. The molecule has 0 saturated carbocycles. The molecule has 0 bridgehead atoms. The van der Waals surface area contributed by atoms with E-state index in [0.29, 0.717) is 11.4 Å². The molecule has 0 spiro atoms. The number of H-pyrrole nitrogens is 1. The fourth-order valence-corrected chi connectivity index (χ4v) is 2.10. The maximum Gasteiger partial charge on any atom is 0.276 e. The van der Waals surface area contributed by atoms with Gasteiger partial charge in [0.2, 0.25) is 0 Å². The summed E-state index contributed by atoms with van der Waals surface area (Å²) in [5.41, 5.74) is 0.595. The van der Waals surface area contributed by atoms with Gasteiger partial charge in [-0.2, -0.15) is 13.5 Å². The summed E-state index contributed by atoms with van der Waals surface area (Å²) in [5.74, 6) is 0.583. The van der Waals surface area contributed by atoms with Gasteiger partial charge in [-0.05, 0) is 24.3 Å². The predicted octanol–water partition coefficient (Wildman–Crippen LogP) is 0.731. The second kappa shape index (κ2) is 5.53. The Morgan fingerprint density at radius 1 is 1.37 bits per heavy atom. The summed E-state index contributed by atoms with van der Waals surface area (Å²) >= 11 is 0. The summed E-state index contributed by atoms with van der Waals surface area (Å²) in [5, 5.41) is 3.64. The monoisotopic (exact) mass is 280 g/mol. The van der Waals surface area contributed by atoms with Crippen LogP contribution in [0.25, 0.3) is 0 Å². The number of hydrazone groups is 1. The summed E-state index contributed by atoms with van der Waals surface area (Å²) in [6.45, 7) is 0. The lowest BCUT2D eigenvalue weighted by atomic mass is 10.3. The van der Waals surface area contributed by atoms with Crippen LogP contribution in [0.15, 0.2) is 46.8 Å². The molecule has 1 aromatic heterocycles. The van der Waals surface area contributed by atoms with Crippen molar-refractivity contribution in [1.29, 1.82) is 0 Å². The van der Waals surface area contributed by atoms with Crippen molar-refractivity contribution in [3.05, 3.63) is 42.5 Å². The molecule has 0 amide bonds. The Bertz CT molecular complexity index is 648. The number of methoxy groups -OCH3 is 1. The minimum Gasteiger partial charge on any atom is -0.497 e. The van der Waals surface area contributed by atoms with Gasteiger partial charge in [-0.3, -0.25) is 0 Å². The van der Waals surface area contributed by atoms with Crippen LogP contribution in [0.2, 0.25) is 0 Å². The van der Waals surface area contributed by atoms with Gasteiger partial charge in [0.1, 0.15) is 5.75 Å². The van der Waals surface area contributed by atoms with Crippen LogP contribution in [0, 0.1) is 0 Å². The predicted molar refractivity (Wildman–Crippen MR) is 69.5 cm³/mol. The lowest BCUT2D eigenvalue weighted by Crippen LogP contribution is -2.18. The molecule has 0 aliphatic carbocycles. The second-order valence-electron chi connectivity index (χ2n) is 3.54. The van der Waals surface area contributed by atoms with E-state index in [1.165, 1.54) is 38.0 Å². The summed E-state index contributed by atoms with van der Waals surface area (Å²) in [7, 11) is -2.17. The van der Waals surface area contributed by atoms with Crippen molar-refractivity contribution in [2.75, 3.05) is 7.11 Å². The van der Waals surface area contributed by atoms with Crippen LogP contribution < -0.4 is 9.57 Å². The molecule has 1 aromatic carbocycles. The van der Waals surface area contributed by atoms with Gasteiger partial charge in [0.05, 0.1) is 36.4 Å². The van der Waals surface area contributed by atoms with E-state index in [1.54, 1.807) is 12.1 Å². The molecule has 0 radical (unpaired) electrons. The van der Waals surface area contributed by atoms with E-state index >= 15 is 0 Å². The van der Waals surface area contributed by atoms with Crippen molar-refractivity contribution in [3.63, 3.8) is 0 Å². The third kappa shape index (κ3) is 3.32. The molecular weight excluding hydrogens is 268 g/mol. The average molecular weight is 280 g/mol. The molecular formula is C11H12N4O3S. The fourth-order valence-electron chi connectivity index (χ4n) is 1.31. The summed E-state index contributed by atoms with van der Waals surface area (Å²) in [6.07, 6.45) is 4.32. The van der Waals surface area contributed by atoms with E-state index in [0.717, 1.165) is 0 Å². The van der Waals surface area contributed by atoms with E-state index in [-0.39, 0.29) is 4.90 Å². The topological polar surface area (TPSA) is 96.4 Å². The van der Waals surface area contributed by atoms with Gasteiger partial charge in [0.25, 0.3) is 10.0 Å². The van der Waals surface area contributed by atoms with Crippen LogP contribution in [0.1, 0.15) is 5.69 Å². The quantitative estimate of drug-likeness (QED) is 0.623. The zero-order valence-corrected chi connectivity index (χ0v) is 10.9. The summed E-state index contributed by atoms with van der Waals surface area (Å²) < 4.78 is 28.7. The molecule has 0 fully saturated rings. The Morgan fingerprint density at radius 3 is 2.68 bits per heavy atom. The van der Waals surface area contributed by atoms with E-state index in [1.807, 2.05) is 0 Å². The average Bonchev–Trinajstić information content (AvgIpc) is 2.92. The maximum atomic E-state index is 11.9. The number of hydrogen-bond acceptors (Lipinski definition) is 5. The highest BCUT2D eigenvalue weighted by Crippen LogP contribution is 2.15. The minimum absolute atomic E-state index is 0.107. The lowest BCUT2D eigenvalue weighted by Gasteiger charge is -2.04. The minimum atomic E-state index is -3.68. The van der Waals surface area contributed by atoms with Crippen LogP contribution in [0.5, 0.6) is 5.75 Å². The first-order valence-electron chi connectivity index (χ1n) is 5.29. The number of aromatic amines is 1. The van der Waals surface area contributed by atoms with E-state index < -0.39 is 10.0 Å². The Labute approximate surface area is 110 Å². The highest BCUT2D eigenvalue weighted by molar-refractivity contribution is 7.89. The highest BCUT2D eigenvalue weighted by atomic mass is 32.2. The first-order chi connectivity index (χ1) is 9.12. The molecule has 0 atom stereocenters. The molecule has 0 unspecified atom stereocenters. The Morgan fingerprint density at radius 2 is 2.11 bits per heavy atom. The number of nitrogens with zero attached hydrogens (tertiary/aromatic N) is 2. The SMILES string of the molecule is COc1ccc(S(=O)(=O)N/N=C/c2cnc[nH]2)cc1. The summed E-state index contributed by atoms with van der Waals surface area (Å²) in [4.78, 5) is 8.75. The highest BCUT2D eigenvalue weighted by Gasteiger charge is 2.12. The van der Waals surface area contributed by atoms with Crippen LogP contribution in [-0.4, -0.2) is 31.7 Å². The molecule has 0 saturated heterocycles. The molecule has 100 valence electrons. The van der Waals surface area contributed by atoms with Gasteiger partial charge in [-0.25, -0.2) is 9.82 Å². The van der Waals surface area contributed by atoms with E-state index in [4.69, 9.17) is 4.74 Å². The number of sulfonamides is 1. The maximum absolute atomic E-state index is 11.9. The first kappa shape index (κ1) is 13.1. The number of benzene rings is 1. The van der Waals surface area contributed by atoms with Gasteiger partial charge in [-0.1, -0.05) is 0 Å². The smallest absolute Gasteiger partial charge is 0.276 e. The van der Waals surface area contributed by atoms with Crippen molar-refractivity contribution in [3.8, 4) is 5.75 Å². The number of imidazole rings is 1. The number of nitrogens with one attached hydrogen (secondary N) is 2. The molecule has 0 aliphatic rings. The fraction of sp³-hybridized carbons (Fsp3) is 0.0909. The van der Waals surface area contributed by atoms with Gasteiger partial charge in [0.15, 0.2) is 0 Å². The second-order valence-corrected chi connectivity index (χ2v) is 5.20. The molecule has 8 heteroatoms. The Hall–Kier alpha value is -2.35. The first-order valence-corrected chi connectivity index (χ1v) is 6.77. The van der Waals surface area contributed by atoms with Gasteiger partial charge >= 0.3 is 0 Å². The van der Waals surface area contributed by atoms with Crippen LogP contribution in [0.3, 0.4) is 0 Å². The molecule has 2 rings (SSSR count).